The first-order chi connectivity index (χ1) is 23.1. The summed E-state index contributed by atoms with van der Waals surface area (Å²) < 4.78 is 66.1. The fourth-order valence-electron chi connectivity index (χ4n) is 6.43. The number of sulfonamides is 1. The average molecular weight is 693 g/mol. The molecule has 0 bridgehead atoms. The van der Waals surface area contributed by atoms with E-state index in [1.54, 1.807) is 12.4 Å². The Kier molecular flexibility index (Phi) is 8.52. The van der Waals surface area contributed by atoms with Crippen molar-refractivity contribution >= 4 is 50.0 Å². The van der Waals surface area contributed by atoms with Crippen molar-refractivity contribution in [2.75, 3.05) is 35.1 Å². The molecule has 1 fully saturated rings. The Labute approximate surface area is 280 Å². The average Bonchev–Trinajstić information content (AvgIpc) is 3.45. The number of nitrogens with zero attached hydrogens (tertiary/aromatic N) is 4. The third kappa shape index (κ3) is 6.09. The van der Waals surface area contributed by atoms with Crippen LogP contribution in [0, 0.1) is 11.6 Å². The van der Waals surface area contributed by atoms with Gasteiger partial charge in [-0.25, -0.2) is 32.2 Å². The van der Waals surface area contributed by atoms with Crippen LogP contribution in [0.2, 0.25) is 5.02 Å². The number of methoxy groups -OCH3 is 1. The lowest BCUT2D eigenvalue weighted by Crippen LogP contribution is -2.39. The van der Waals surface area contributed by atoms with Crippen LogP contribution in [0.1, 0.15) is 36.5 Å². The molecule has 0 saturated carbocycles. The molecule has 14 heteroatoms. The second-order valence-corrected chi connectivity index (χ2v) is 13.9. The Bertz CT molecular complexity index is 2130. The van der Waals surface area contributed by atoms with Crippen molar-refractivity contribution in [2.24, 2.45) is 0 Å². The number of aliphatic hydroxyl groups is 1. The van der Waals surface area contributed by atoms with Gasteiger partial charge in [0.05, 0.1) is 29.4 Å². The van der Waals surface area contributed by atoms with E-state index in [2.05, 4.69) is 29.9 Å². The molecule has 1 unspecified atom stereocenters. The maximum Gasteiger partial charge on any atom is 0.262 e. The van der Waals surface area contributed by atoms with E-state index in [1.165, 1.54) is 31.4 Å². The first-order valence-electron chi connectivity index (χ1n) is 15.4. The Balaban J connectivity index is 1.15. The van der Waals surface area contributed by atoms with E-state index in [1.807, 2.05) is 18.2 Å². The SMILES string of the molecule is COc1cc(-c2c(F)ccc(NS(=O)(=O)c3cc(Cl)cc4c3CCC4O)c2F)cc2cnc(NC3CCN(c4ccccn4)CC3)nc12. The van der Waals surface area contributed by atoms with Gasteiger partial charge in [0.25, 0.3) is 10.0 Å². The smallest absolute Gasteiger partial charge is 0.262 e. The molecule has 7 rings (SSSR count). The summed E-state index contributed by atoms with van der Waals surface area (Å²) in [5.74, 6) is -0.413. The minimum atomic E-state index is -4.37. The summed E-state index contributed by atoms with van der Waals surface area (Å²) in [6.45, 7) is 1.65. The molecule has 1 atom stereocenters. The monoisotopic (exact) mass is 692 g/mol. The summed E-state index contributed by atoms with van der Waals surface area (Å²) in [7, 11) is -2.94. The lowest BCUT2D eigenvalue weighted by molar-refractivity contribution is 0.180. The summed E-state index contributed by atoms with van der Waals surface area (Å²) in [5.41, 5.74) is 0.461. The van der Waals surface area contributed by atoms with Gasteiger partial charge in [0.15, 0.2) is 5.82 Å². The summed E-state index contributed by atoms with van der Waals surface area (Å²) in [6, 6.07) is 13.8. The lowest BCUT2D eigenvalue weighted by atomic mass is 10.0. The van der Waals surface area contributed by atoms with Crippen LogP contribution in [0.25, 0.3) is 22.0 Å². The maximum atomic E-state index is 16.1. The number of fused-ring (bicyclic) bond motifs is 2. The lowest BCUT2D eigenvalue weighted by Gasteiger charge is -2.33. The molecule has 48 heavy (non-hydrogen) atoms. The summed E-state index contributed by atoms with van der Waals surface area (Å²) in [5, 5.41) is 14.3. The van der Waals surface area contributed by atoms with Crippen molar-refractivity contribution in [3.05, 3.63) is 94.8 Å². The van der Waals surface area contributed by atoms with Gasteiger partial charge in [-0.3, -0.25) is 4.72 Å². The Hall–Kier alpha value is -4.59. The number of piperidine rings is 1. The first-order valence-corrected chi connectivity index (χ1v) is 17.3. The number of anilines is 3. The van der Waals surface area contributed by atoms with Gasteiger partial charge >= 0.3 is 0 Å². The number of aromatic nitrogens is 3. The van der Waals surface area contributed by atoms with Gasteiger partial charge < -0.3 is 20.1 Å². The molecule has 10 nitrogen and oxygen atoms in total. The summed E-state index contributed by atoms with van der Waals surface area (Å²) >= 11 is 6.16. The van der Waals surface area contributed by atoms with E-state index in [4.69, 9.17) is 16.3 Å². The van der Waals surface area contributed by atoms with Gasteiger partial charge in [-0.2, -0.15) is 0 Å². The van der Waals surface area contributed by atoms with Crippen molar-refractivity contribution in [1.82, 2.24) is 15.0 Å². The number of hydrogen-bond donors (Lipinski definition) is 3. The topological polar surface area (TPSA) is 130 Å². The molecule has 2 aromatic heterocycles. The van der Waals surface area contributed by atoms with E-state index in [0.29, 0.717) is 40.8 Å². The van der Waals surface area contributed by atoms with Crippen molar-refractivity contribution in [2.45, 2.75) is 42.7 Å². The van der Waals surface area contributed by atoms with E-state index >= 15 is 8.78 Å². The van der Waals surface area contributed by atoms with E-state index < -0.39 is 39.0 Å². The summed E-state index contributed by atoms with van der Waals surface area (Å²) in [6.07, 6.45) is 4.84. The number of nitrogens with one attached hydrogen (secondary N) is 2. The predicted octanol–water partition coefficient (Wildman–Crippen LogP) is 6.49. The third-order valence-corrected chi connectivity index (χ3v) is 10.5. The fourth-order valence-corrected chi connectivity index (χ4v) is 8.10. The number of hydrogen-bond acceptors (Lipinski definition) is 9. The quantitative estimate of drug-likeness (QED) is 0.167. The number of benzene rings is 3. The number of halogens is 3. The molecule has 3 heterocycles. The highest BCUT2D eigenvalue weighted by Gasteiger charge is 2.30. The second kappa shape index (κ2) is 12.8. The van der Waals surface area contributed by atoms with E-state index in [-0.39, 0.29) is 27.3 Å². The molecule has 3 N–H and O–H groups in total. The number of pyridine rings is 1. The molecule has 1 aliphatic heterocycles. The van der Waals surface area contributed by atoms with Crippen molar-refractivity contribution in [1.29, 1.82) is 0 Å². The van der Waals surface area contributed by atoms with Crippen molar-refractivity contribution < 1.29 is 27.0 Å². The van der Waals surface area contributed by atoms with Gasteiger partial charge in [-0.15, -0.1) is 0 Å². The number of rotatable bonds is 8. The highest BCUT2D eigenvalue weighted by Crippen LogP contribution is 2.40. The maximum absolute atomic E-state index is 16.1. The minimum Gasteiger partial charge on any atom is -0.494 e. The van der Waals surface area contributed by atoms with Crippen LogP contribution in [0.3, 0.4) is 0 Å². The Morgan fingerprint density at radius 3 is 2.60 bits per heavy atom. The van der Waals surface area contributed by atoms with Crippen LogP contribution in [0.5, 0.6) is 5.75 Å². The zero-order valence-electron chi connectivity index (χ0n) is 25.8. The standard InChI is InChI=1S/C34H31ClF2N6O4S/c1-47-28-15-19(14-20-18-39-34(41-33(20)28)40-22-9-12-43(13-10-22)30-4-2-3-11-38-30)31-25(36)6-7-26(32(31)37)42-48(45,46)29-17-21(35)16-24-23(29)5-8-27(24)44/h2-4,6-7,11,14-18,22,27,42,44H,5,8-10,12-13H2,1H3,(H,39,40,41). The van der Waals surface area contributed by atoms with E-state index in [0.717, 1.165) is 43.9 Å². The van der Waals surface area contributed by atoms with E-state index in [9.17, 15) is 13.5 Å². The molecule has 0 spiro atoms. The van der Waals surface area contributed by atoms with Crippen LogP contribution in [-0.4, -0.2) is 54.7 Å². The van der Waals surface area contributed by atoms with Crippen LogP contribution >= 0.6 is 11.6 Å². The van der Waals surface area contributed by atoms with Gasteiger partial charge in [-0.1, -0.05) is 17.7 Å². The minimum absolute atomic E-state index is 0.105. The van der Waals surface area contributed by atoms with Gasteiger partial charge in [0, 0.05) is 41.9 Å². The highest BCUT2D eigenvalue weighted by atomic mass is 35.5. The Morgan fingerprint density at radius 2 is 1.85 bits per heavy atom. The molecular weight excluding hydrogens is 662 g/mol. The molecule has 5 aromatic rings. The molecule has 0 amide bonds. The number of ether oxygens (including phenoxy) is 1. The predicted molar refractivity (Wildman–Crippen MR) is 180 cm³/mol. The number of aliphatic hydroxyl groups excluding tert-OH is 1. The molecule has 0 radical (unpaired) electrons. The first kappa shape index (κ1) is 32.0. The molecule has 2 aliphatic rings. The van der Waals surface area contributed by atoms with Crippen LogP contribution < -0.4 is 19.7 Å². The van der Waals surface area contributed by atoms with Gasteiger partial charge in [0.2, 0.25) is 5.95 Å². The van der Waals surface area contributed by atoms with Gasteiger partial charge in [0.1, 0.15) is 22.9 Å². The fraction of sp³-hybridized carbons (Fsp3) is 0.265. The zero-order valence-corrected chi connectivity index (χ0v) is 27.3. The molecule has 248 valence electrons. The largest absolute Gasteiger partial charge is 0.494 e. The highest BCUT2D eigenvalue weighted by molar-refractivity contribution is 7.92. The molecule has 1 aliphatic carbocycles. The van der Waals surface area contributed by atoms with Crippen molar-refractivity contribution in [3.8, 4) is 16.9 Å². The normalized spacial score (nSPS) is 16.6. The summed E-state index contributed by atoms with van der Waals surface area (Å²) in [4.78, 5) is 15.6. The molecule has 1 saturated heterocycles. The van der Waals surface area contributed by atoms with Crippen LogP contribution in [-0.2, 0) is 16.4 Å². The Morgan fingerprint density at radius 1 is 1.04 bits per heavy atom. The molecule has 3 aromatic carbocycles. The van der Waals surface area contributed by atoms with Gasteiger partial charge in [-0.05, 0) is 90.9 Å². The third-order valence-electron chi connectivity index (χ3n) is 8.82. The van der Waals surface area contributed by atoms with Crippen molar-refractivity contribution in [3.63, 3.8) is 0 Å². The van der Waals surface area contributed by atoms with Crippen LogP contribution in [0.15, 0.2) is 71.9 Å². The molecular formula is C34H31ClF2N6O4S. The second-order valence-electron chi connectivity index (χ2n) is 11.8. The van der Waals surface area contributed by atoms with Crippen LogP contribution in [0.4, 0.5) is 26.2 Å². The zero-order chi connectivity index (χ0) is 33.6.